The zero-order valence-corrected chi connectivity index (χ0v) is 12.4. The van der Waals surface area contributed by atoms with Crippen LogP contribution in [0, 0.1) is 23.7 Å². The number of carbonyl (C=O) groups excluding carboxylic acids is 1. The maximum atomic E-state index is 12.1. The van der Waals surface area contributed by atoms with Gasteiger partial charge in [-0.2, -0.15) is 0 Å². The number of carbonyl (C=O) groups is 1. The molecule has 2 nitrogen and oxygen atoms in total. The van der Waals surface area contributed by atoms with Gasteiger partial charge in [0.05, 0.1) is 0 Å². The van der Waals surface area contributed by atoms with Gasteiger partial charge in [0, 0.05) is 12.5 Å². The summed E-state index contributed by atoms with van der Waals surface area (Å²) < 4.78 is 0. The van der Waals surface area contributed by atoms with Crippen LogP contribution < -0.4 is 5.32 Å². The highest BCUT2D eigenvalue weighted by molar-refractivity contribution is 5.76. The lowest BCUT2D eigenvalue weighted by atomic mass is 9.84. The van der Waals surface area contributed by atoms with Gasteiger partial charge in [-0.3, -0.25) is 4.79 Å². The summed E-state index contributed by atoms with van der Waals surface area (Å²) in [5, 5.41) is 3.29. The lowest BCUT2D eigenvalue weighted by Gasteiger charge is -2.28. The second-order valence-corrected chi connectivity index (χ2v) is 7.38. The second-order valence-electron chi connectivity index (χ2n) is 7.38. The number of hydrogen-bond acceptors (Lipinski definition) is 1. The minimum atomic E-state index is 0.308. The Morgan fingerprint density at radius 1 is 1.16 bits per heavy atom. The summed E-state index contributed by atoms with van der Waals surface area (Å²) in [7, 11) is 0. The fraction of sp³-hybridized carbons (Fsp3) is 0.941. The highest BCUT2D eigenvalue weighted by Gasteiger charge is 2.42. The van der Waals surface area contributed by atoms with Crippen LogP contribution in [0.2, 0.25) is 0 Å². The van der Waals surface area contributed by atoms with E-state index in [0.29, 0.717) is 11.9 Å². The molecule has 0 aliphatic heterocycles. The molecule has 0 radical (unpaired) electrons. The summed E-state index contributed by atoms with van der Waals surface area (Å²) in [4.78, 5) is 12.1. The first kappa shape index (κ1) is 13.5. The van der Waals surface area contributed by atoms with Crippen LogP contribution >= 0.6 is 0 Å². The van der Waals surface area contributed by atoms with E-state index in [2.05, 4.69) is 12.2 Å². The summed E-state index contributed by atoms with van der Waals surface area (Å²) in [6.45, 7) is 2.23. The van der Waals surface area contributed by atoms with Gasteiger partial charge >= 0.3 is 0 Å². The predicted octanol–water partition coefficient (Wildman–Crippen LogP) is 3.90. The van der Waals surface area contributed by atoms with Gasteiger partial charge in [-0.15, -0.1) is 0 Å². The third-order valence-electron chi connectivity index (χ3n) is 6.08. The number of fused-ring (bicyclic) bond motifs is 2. The van der Waals surface area contributed by atoms with Gasteiger partial charge in [0.15, 0.2) is 0 Å². The molecule has 19 heavy (non-hydrogen) atoms. The molecule has 0 heterocycles. The Hall–Kier alpha value is -0.530. The SMILES string of the molecule is C[C@@H](NC(=O)CCC1CCCC1)[C@H]1C[C@@H]2CC[C@@H]1C2. The van der Waals surface area contributed by atoms with E-state index < -0.39 is 0 Å². The summed E-state index contributed by atoms with van der Waals surface area (Å²) in [6, 6.07) is 0.409. The molecule has 3 rings (SSSR count). The van der Waals surface area contributed by atoms with Gasteiger partial charge in [-0.05, 0) is 56.3 Å². The van der Waals surface area contributed by atoms with Crippen molar-refractivity contribution >= 4 is 5.91 Å². The largest absolute Gasteiger partial charge is 0.353 e. The molecule has 1 N–H and O–H groups in total. The van der Waals surface area contributed by atoms with Crippen molar-refractivity contribution in [1.82, 2.24) is 5.32 Å². The average molecular weight is 263 g/mol. The molecule has 0 spiro atoms. The van der Waals surface area contributed by atoms with Crippen molar-refractivity contribution in [2.24, 2.45) is 23.7 Å². The van der Waals surface area contributed by atoms with Crippen molar-refractivity contribution in [3.05, 3.63) is 0 Å². The molecule has 4 atom stereocenters. The summed E-state index contributed by atoms with van der Waals surface area (Å²) in [6.07, 6.45) is 13.0. The molecule has 0 aromatic carbocycles. The molecule has 1 amide bonds. The fourth-order valence-corrected chi connectivity index (χ4v) is 4.97. The molecule has 3 aliphatic carbocycles. The Balaban J connectivity index is 1.39. The Morgan fingerprint density at radius 3 is 2.58 bits per heavy atom. The zero-order valence-electron chi connectivity index (χ0n) is 12.4. The standard InChI is InChI=1S/C17H29NO/c1-12(16-11-14-6-8-15(16)10-14)18-17(19)9-7-13-4-2-3-5-13/h12-16H,2-11H2,1H3,(H,18,19)/t12-,14-,15-,16-/m1/s1. The summed E-state index contributed by atoms with van der Waals surface area (Å²) >= 11 is 0. The van der Waals surface area contributed by atoms with Crippen LogP contribution in [0.15, 0.2) is 0 Å². The molecule has 2 bridgehead atoms. The Labute approximate surface area is 117 Å². The van der Waals surface area contributed by atoms with E-state index >= 15 is 0 Å². The third-order valence-corrected chi connectivity index (χ3v) is 6.08. The Morgan fingerprint density at radius 2 is 1.95 bits per heavy atom. The number of rotatable bonds is 5. The molecule has 0 aromatic rings. The molecule has 0 unspecified atom stereocenters. The van der Waals surface area contributed by atoms with Crippen LogP contribution in [0.1, 0.15) is 71.1 Å². The Bertz CT molecular complexity index is 321. The van der Waals surface area contributed by atoms with Crippen molar-refractivity contribution in [1.29, 1.82) is 0 Å². The first-order valence-corrected chi connectivity index (χ1v) is 8.51. The van der Waals surface area contributed by atoms with Gasteiger partial charge in [-0.1, -0.05) is 32.1 Å². The lowest BCUT2D eigenvalue weighted by Crippen LogP contribution is -2.40. The van der Waals surface area contributed by atoms with Crippen LogP contribution in [0.3, 0.4) is 0 Å². The van der Waals surface area contributed by atoms with E-state index in [1.165, 1.54) is 51.4 Å². The van der Waals surface area contributed by atoms with Gasteiger partial charge in [0.2, 0.25) is 5.91 Å². The molecule has 0 aromatic heterocycles. The molecule has 0 saturated heterocycles. The molecule has 3 fully saturated rings. The van der Waals surface area contributed by atoms with E-state index in [1.54, 1.807) is 0 Å². The minimum Gasteiger partial charge on any atom is -0.353 e. The van der Waals surface area contributed by atoms with Crippen LogP contribution in [0.25, 0.3) is 0 Å². The average Bonchev–Trinajstić information content (AvgIpc) is 3.13. The van der Waals surface area contributed by atoms with Crippen molar-refractivity contribution < 1.29 is 4.79 Å². The van der Waals surface area contributed by atoms with E-state index in [-0.39, 0.29) is 0 Å². The zero-order chi connectivity index (χ0) is 13.2. The number of amides is 1. The van der Waals surface area contributed by atoms with E-state index in [9.17, 15) is 4.79 Å². The molecule has 3 aliphatic rings. The topological polar surface area (TPSA) is 29.1 Å². The highest BCUT2D eigenvalue weighted by atomic mass is 16.1. The quantitative estimate of drug-likeness (QED) is 0.801. The highest BCUT2D eigenvalue weighted by Crippen LogP contribution is 2.49. The second kappa shape index (κ2) is 5.85. The first-order valence-electron chi connectivity index (χ1n) is 8.51. The van der Waals surface area contributed by atoms with E-state index in [4.69, 9.17) is 0 Å². The van der Waals surface area contributed by atoms with Crippen molar-refractivity contribution in [2.75, 3.05) is 0 Å². The van der Waals surface area contributed by atoms with Crippen molar-refractivity contribution in [2.45, 2.75) is 77.2 Å². The van der Waals surface area contributed by atoms with Gasteiger partial charge in [0.1, 0.15) is 0 Å². The van der Waals surface area contributed by atoms with Crippen molar-refractivity contribution in [3.8, 4) is 0 Å². The molecule has 3 saturated carbocycles. The van der Waals surface area contributed by atoms with E-state index in [0.717, 1.165) is 36.5 Å². The first-order chi connectivity index (χ1) is 9.22. The number of hydrogen-bond donors (Lipinski definition) is 1. The third kappa shape index (κ3) is 3.14. The molecular formula is C17H29NO. The summed E-state index contributed by atoms with van der Waals surface area (Å²) in [5.74, 6) is 3.81. The molecule has 2 heteroatoms. The monoisotopic (exact) mass is 263 g/mol. The molecular weight excluding hydrogens is 234 g/mol. The number of nitrogens with one attached hydrogen (secondary N) is 1. The maximum absolute atomic E-state index is 12.1. The summed E-state index contributed by atoms with van der Waals surface area (Å²) in [5.41, 5.74) is 0. The smallest absolute Gasteiger partial charge is 0.220 e. The normalized spacial score (nSPS) is 35.7. The fourth-order valence-electron chi connectivity index (χ4n) is 4.97. The molecule has 108 valence electrons. The van der Waals surface area contributed by atoms with Crippen LogP contribution in [0.5, 0.6) is 0 Å². The lowest BCUT2D eigenvalue weighted by molar-refractivity contribution is -0.122. The maximum Gasteiger partial charge on any atom is 0.220 e. The van der Waals surface area contributed by atoms with Crippen molar-refractivity contribution in [3.63, 3.8) is 0 Å². The van der Waals surface area contributed by atoms with Crippen LogP contribution in [0.4, 0.5) is 0 Å². The van der Waals surface area contributed by atoms with Crippen LogP contribution in [-0.4, -0.2) is 11.9 Å². The van der Waals surface area contributed by atoms with Crippen LogP contribution in [-0.2, 0) is 4.79 Å². The Kier molecular flexibility index (Phi) is 4.14. The predicted molar refractivity (Wildman–Crippen MR) is 77.7 cm³/mol. The minimum absolute atomic E-state index is 0.308. The van der Waals surface area contributed by atoms with Gasteiger partial charge in [-0.25, -0.2) is 0 Å². The van der Waals surface area contributed by atoms with Gasteiger partial charge < -0.3 is 5.32 Å². The van der Waals surface area contributed by atoms with Gasteiger partial charge in [0.25, 0.3) is 0 Å². The van der Waals surface area contributed by atoms with E-state index in [1.807, 2.05) is 0 Å².